The van der Waals surface area contributed by atoms with Crippen LogP contribution in [0.15, 0.2) is 0 Å². The third-order valence-corrected chi connectivity index (χ3v) is 2.98. The van der Waals surface area contributed by atoms with Crippen LogP contribution in [0.4, 0.5) is 0 Å². The number of carbonyl (C=O) groups is 2. The summed E-state index contributed by atoms with van der Waals surface area (Å²) in [7, 11) is 0. The third kappa shape index (κ3) is 4.73. The van der Waals surface area contributed by atoms with Crippen LogP contribution in [0, 0.1) is 0 Å². The second kappa shape index (κ2) is 7.27. The van der Waals surface area contributed by atoms with E-state index in [1.807, 2.05) is 6.92 Å². The van der Waals surface area contributed by atoms with Crippen molar-refractivity contribution in [1.29, 1.82) is 0 Å². The molecule has 5 heteroatoms. The van der Waals surface area contributed by atoms with Crippen molar-refractivity contribution in [2.24, 2.45) is 0 Å². The van der Waals surface area contributed by atoms with Crippen molar-refractivity contribution in [3.8, 4) is 0 Å². The van der Waals surface area contributed by atoms with Gasteiger partial charge in [0.1, 0.15) is 6.04 Å². The van der Waals surface area contributed by atoms with E-state index in [0.717, 1.165) is 25.8 Å². The van der Waals surface area contributed by atoms with Gasteiger partial charge in [-0.3, -0.25) is 9.59 Å². The molecule has 0 aromatic rings. The molecule has 0 aliphatic carbocycles. The molecular weight excluding hydrogens is 218 g/mol. The summed E-state index contributed by atoms with van der Waals surface area (Å²) in [6.07, 6.45) is 4.22. The van der Waals surface area contributed by atoms with Gasteiger partial charge < -0.3 is 16.0 Å². The molecule has 2 unspecified atom stereocenters. The molecule has 0 spiro atoms. The SMILES string of the molecule is CCNC(=O)C(C)NC(=O)C1CCCCCN1. The van der Waals surface area contributed by atoms with Gasteiger partial charge in [-0.2, -0.15) is 0 Å². The first-order valence-electron chi connectivity index (χ1n) is 6.46. The summed E-state index contributed by atoms with van der Waals surface area (Å²) >= 11 is 0. The molecule has 1 aliphatic heterocycles. The van der Waals surface area contributed by atoms with E-state index in [0.29, 0.717) is 6.54 Å². The molecule has 0 bridgehead atoms. The highest BCUT2D eigenvalue weighted by molar-refractivity contribution is 5.89. The van der Waals surface area contributed by atoms with Gasteiger partial charge in [-0.25, -0.2) is 0 Å². The molecule has 2 amide bonds. The fraction of sp³-hybridized carbons (Fsp3) is 0.833. The average Bonchev–Trinajstić information content (AvgIpc) is 2.57. The van der Waals surface area contributed by atoms with Gasteiger partial charge >= 0.3 is 0 Å². The number of hydrogen-bond acceptors (Lipinski definition) is 3. The summed E-state index contributed by atoms with van der Waals surface area (Å²) in [4.78, 5) is 23.4. The Kier molecular flexibility index (Phi) is 5.97. The van der Waals surface area contributed by atoms with Crippen molar-refractivity contribution in [3.05, 3.63) is 0 Å². The Morgan fingerprint density at radius 1 is 1.35 bits per heavy atom. The molecule has 5 nitrogen and oxygen atoms in total. The van der Waals surface area contributed by atoms with Crippen LogP contribution < -0.4 is 16.0 Å². The fourth-order valence-electron chi connectivity index (χ4n) is 1.96. The minimum atomic E-state index is -0.465. The van der Waals surface area contributed by atoms with Crippen LogP contribution >= 0.6 is 0 Å². The zero-order valence-electron chi connectivity index (χ0n) is 10.7. The van der Waals surface area contributed by atoms with Crippen molar-refractivity contribution < 1.29 is 9.59 Å². The zero-order valence-corrected chi connectivity index (χ0v) is 10.7. The summed E-state index contributed by atoms with van der Waals surface area (Å²) in [5.74, 6) is -0.194. The molecule has 17 heavy (non-hydrogen) atoms. The first-order chi connectivity index (χ1) is 8.15. The average molecular weight is 241 g/mol. The first-order valence-corrected chi connectivity index (χ1v) is 6.46. The van der Waals surface area contributed by atoms with Crippen molar-refractivity contribution in [3.63, 3.8) is 0 Å². The normalized spacial score (nSPS) is 22.4. The lowest BCUT2D eigenvalue weighted by atomic mass is 10.1. The van der Waals surface area contributed by atoms with Crippen LogP contribution in [-0.2, 0) is 9.59 Å². The summed E-state index contributed by atoms with van der Waals surface area (Å²) < 4.78 is 0. The predicted octanol–water partition coefficient (Wildman–Crippen LogP) is 0.159. The number of hydrogen-bond donors (Lipinski definition) is 3. The molecule has 1 heterocycles. The molecule has 2 atom stereocenters. The van der Waals surface area contributed by atoms with Crippen molar-refractivity contribution in [2.45, 2.75) is 51.6 Å². The minimum Gasteiger partial charge on any atom is -0.355 e. The van der Waals surface area contributed by atoms with E-state index in [4.69, 9.17) is 0 Å². The quantitative estimate of drug-likeness (QED) is 0.656. The van der Waals surface area contributed by atoms with Crippen LogP contribution in [0.2, 0.25) is 0 Å². The maximum Gasteiger partial charge on any atom is 0.242 e. The van der Waals surface area contributed by atoms with Gasteiger partial charge in [0.25, 0.3) is 0 Å². The van der Waals surface area contributed by atoms with Crippen LogP contribution in [0.1, 0.15) is 39.5 Å². The second-order valence-corrected chi connectivity index (χ2v) is 4.48. The van der Waals surface area contributed by atoms with Gasteiger partial charge in [0.2, 0.25) is 11.8 Å². The third-order valence-electron chi connectivity index (χ3n) is 2.98. The Hall–Kier alpha value is -1.10. The second-order valence-electron chi connectivity index (χ2n) is 4.48. The Bertz CT molecular complexity index is 260. The van der Waals surface area contributed by atoms with Crippen molar-refractivity contribution in [2.75, 3.05) is 13.1 Å². The largest absolute Gasteiger partial charge is 0.355 e. The smallest absolute Gasteiger partial charge is 0.242 e. The van der Waals surface area contributed by atoms with Crippen LogP contribution in [0.3, 0.4) is 0 Å². The molecule has 1 aliphatic rings. The zero-order chi connectivity index (χ0) is 12.7. The van der Waals surface area contributed by atoms with E-state index < -0.39 is 6.04 Å². The van der Waals surface area contributed by atoms with Gasteiger partial charge in [-0.05, 0) is 33.2 Å². The van der Waals surface area contributed by atoms with E-state index in [2.05, 4.69) is 16.0 Å². The van der Waals surface area contributed by atoms with Gasteiger partial charge in [0.05, 0.1) is 6.04 Å². The lowest BCUT2D eigenvalue weighted by Crippen LogP contribution is -2.51. The highest BCUT2D eigenvalue weighted by Crippen LogP contribution is 2.08. The lowest BCUT2D eigenvalue weighted by Gasteiger charge is -2.19. The van der Waals surface area contributed by atoms with Gasteiger partial charge in [0, 0.05) is 6.54 Å². The molecular formula is C12H23N3O2. The molecule has 0 radical (unpaired) electrons. The summed E-state index contributed by atoms with van der Waals surface area (Å²) in [5, 5.41) is 8.65. The maximum absolute atomic E-state index is 11.9. The predicted molar refractivity (Wildman–Crippen MR) is 66.5 cm³/mol. The first kappa shape index (κ1) is 14.0. The van der Waals surface area contributed by atoms with Gasteiger partial charge in [-0.1, -0.05) is 12.8 Å². The molecule has 1 fully saturated rings. The van der Waals surface area contributed by atoms with Crippen LogP contribution in [0.25, 0.3) is 0 Å². The molecule has 0 saturated carbocycles. The molecule has 1 rings (SSSR count). The number of nitrogens with one attached hydrogen (secondary N) is 3. The Balaban J connectivity index is 2.38. The van der Waals surface area contributed by atoms with E-state index in [1.54, 1.807) is 6.92 Å². The van der Waals surface area contributed by atoms with Crippen LogP contribution in [-0.4, -0.2) is 37.0 Å². The Labute approximate surface area is 103 Å². The summed E-state index contributed by atoms with van der Waals surface area (Å²) in [6, 6.07) is -0.609. The molecule has 0 aromatic heterocycles. The van der Waals surface area contributed by atoms with E-state index in [-0.39, 0.29) is 17.9 Å². The molecule has 0 aromatic carbocycles. The number of likely N-dealkylation sites (N-methyl/N-ethyl adjacent to an activating group) is 1. The molecule has 1 saturated heterocycles. The lowest BCUT2D eigenvalue weighted by molar-refractivity contribution is -0.129. The Morgan fingerprint density at radius 3 is 2.82 bits per heavy atom. The summed E-state index contributed by atoms with van der Waals surface area (Å²) in [5.41, 5.74) is 0. The molecule has 3 N–H and O–H groups in total. The molecule has 98 valence electrons. The van der Waals surface area contributed by atoms with Crippen molar-refractivity contribution >= 4 is 11.8 Å². The number of amides is 2. The monoisotopic (exact) mass is 241 g/mol. The number of carbonyl (C=O) groups excluding carboxylic acids is 2. The number of rotatable bonds is 4. The maximum atomic E-state index is 11.9. The van der Waals surface area contributed by atoms with Crippen LogP contribution in [0.5, 0.6) is 0 Å². The fourth-order valence-corrected chi connectivity index (χ4v) is 1.96. The topological polar surface area (TPSA) is 70.2 Å². The van der Waals surface area contributed by atoms with Crippen molar-refractivity contribution in [1.82, 2.24) is 16.0 Å². The highest BCUT2D eigenvalue weighted by atomic mass is 16.2. The van der Waals surface area contributed by atoms with E-state index in [1.165, 1.54) is 6.42 Å². The van der Waals surface area contributed by atoms with Gasteiger partial charge in [-0.15, -0.1) is 0 Å². The van der Waals surface area contributed by atoms with Gasteiger partial charge in [0.15, 0.2) is 0 Å². The van der Waals surface area contributed by atoms with E-state index in [9.17, 15) is 9.59 Å². The highest BCUT2D eigenvalue weighted by Gasteiger charge is 2.22. The standard InChI is InChI=1S/C12H23N3O2/c1-3-13-11(16)9(2)15-12(17)10-7-5-4-6-8-14-10/h9-10,14H,3-8H2,1-2H3,(H,13,16)(H,15,17). The summed E-state index contributed by atoms with van der Waals surface area (Å²) in [6.45, 7) is 5.03. The van der Waals surface area contributed by atoms with E-state index >= 15 is 0 Å². The Morgan fingerprint density at radius 2 is 2.12 bits per heavy atom. The minimum absolute atomic E-state index is 0.0642.